The van der Waals surface area contributed by atoms with Gasteiger partial charge in [-0.3, -0.25) is 0 Å². The maximum atomic E-state index is 12.3. The minimum absolute atomic E-state index is 0.0787. The summed E-state index contributed by atoms with van der Waals surface area (Å²) < 4.78 is 41.6. The van der Waals surface area contributed by atoms with Gasteiger partial charge >= 0.3 is 6.98 Å². The predicted molar refractivity (Wildman–Crippen MR) is 46.1 cm³/mol. The van der Waals surface area contributed by atoms with E-state index in [1.165, 1.54) is 19.2 Å². The average molecular weight is 190 g/mol. The number of anilines is 1. The van der Waals surface area contributed by atoms with E-state index in [1.54, 1.807) is 0 Å². The lowest BCUT2D eigenvalue weighted by Gasteiger charge is -2.18. The normalized spacial score (nSPS) is 11.4. The van der Waals surface area contributed by atoms with Crippen LogP contribution < -0.4 is 15.9 Å². The second-order valence-electron chi connectivity index (χ2n) is 2.58. The SMILES string of the molecule is COc1ccc(N)cc1[B-](F)(F)F. The molecule has 13 heavy (non-hydrogen) atoms. The van der Waals surface area contributed by atoms with E-state index in [0.717, 1.165) is 6.07 Å². The molecule has 0 unspecified atom stereocenters. The molecule has 2 nitrogen and oxygen atoms in total. The highest BCUT2D eigenvalue weighted by Gasteiger charge is 2.29. The van der Waals surface area contributed by atoms with Gasteiger partial charge in [0.05, 0.1) is 12.9 Å². The molecular formula is C7H8BF3NO-. The van der Waals surface area contributed by atoms with E-state index in [9.17, 15) is 12.9 Å². The Kier molecular flexibility index (Phi) is 2.40. The van der Waals surface area contributed by atoms with Gasteiger partial charge in [0, 0.05) is 5.69 Å². The molecule has 6 heteroatoms. The largest absolute Gasteiger partial charge is 0.513 e. The Morgan fingerprint density at radius 3 is 2.38 bits per heavy atom. The predicted octanol–water partition coefficient (Wildman–Crippen LogP) is 1.33. The van der Waals surface area contributed by atoms with Crippen LogP contribution in [0.3, 0.4) is 0 Å². The van der Waals surface area contributed by atoms with E-state index < -0.39 is 12.4 Å². The number of methoxy groups -OCH3 is 1. The van der Waals surface area contributed by atoms with Gasteiger partial charge in [-0.2, -0.15) is 0 Å². The second kappa shape index (κ2) is 3.20. The summed E-state index contributed by atoms with van der Waals surface area (Å²) in [6.07, 6.45) is 0. The fourth-order valence-corrected chi connectivity index (χ4v) is 1.01. The number of benzene rings is 1. The van der Waals surface area contributed by atoms with E-state index in [0.29, 0.717) is 0 Å². The minimum atomic E-state index is -5.06. The summed E-state index contributed by atoms with van der Waals surface area (Å²) in [6.45, 7) is -5.06. The topological polar surface area (TPSA) is 35.2 Å². The van der Waals surface area contributed by atoms with Gasteiger partial charge < -0.3 is 23.4 Å². The van der Waals surface area contributed by atoms with Crippen LogP contribution >= 0.6 is 0 Å². The van der Waals surface area contributed by atoms with Crippen molar-refractivity contribution >= 4 is 18.1 Å². The fourth-order valence-electron chi connectivity index (χ4n) is 1.01. The molecule has 0 bridgehead atoms. The van der Waals surface area contributed by atoms with Gasteiger partial charge in [0.15, 0.2) is 0 Å². The van der Waals surface area contributed by atoms with Crippen molar-refractivity contribution in [2.45, 2.75) is 0 Å². The second-order valence-corrected chi connectivity index (χ2v) is 2.58. The Bertz CT molecular complexity index is 313. The van der Waals surface area contributed by atoms with E-state index in [4.69, 9.17) is 5.73 Å². The van der Waals surface area contributed by atoms with Crippen LogP contribution in [0.25, 0.3) is 0 Å². The highest BCUT2D eigenvalue weighted by Crippen LogP contribution is 2.19. The molecule has 0 aliphatic heterocycles. The van der Waals surface area contributed by atoms with Gasteiger partial charge in [-0.05, 0) is 12.1 Å². The lowest BCUT2D eigenvalue weighted by Crippen LogP contribution is -2.35. The summed E-state index contributed by atoms with van der Waals surface area (Å²) in [5.41, 5.74) is 4.52. The van der Waals surface area contributed by atoms with Crippen LogP contribution in [0.1, 0.15) is 0 Å². The average Bonchev–Trinajstić information content (AvgIpc) is 2.03. The highest BCUT2D eigenvalue weighted by molar-refractivity contribution is 6.74. The van der Waals surface area contributed by atoms with E-state index >= 15 is 0 Å². The maximum absolute atomic E-state index is 12.3. The summed E-state index contributed by atoms with van der Waals surface area (Å²) >= 11 is 0. The van der Waals surface area contributed by atoms with Crippen LogP contribution in [-0.4, -0.2) is 14.1 Å². The molecule has 0 heterocycles. The first-order chi connectivity index (χ1) is 5.95. The third kappa shape index (κ3) is 2.08. The number of hydrogen-bond donors (Lipinski definition) is 1. The van der Waals surface area contributed by atoms with Gasteiger partial charge in [-0.25, -0.2) is 0 Å². The lowest BCUT2D eigenvalue weighted by atomic mass is 9.79. The summed E-state index contributed by atoms with van der Waals surface area (Å²) in [7, 11) is 1.19. The van der Waals surface area contributed by atoms with Crippen molar-refractivity contribution in [3.8, 4) is 5.75 Å². The first kappa shape index (κ1) is 9.76. The molecular weight excluding hydrogens is 182 g/mol. The molecule has 1 aromatic rings. The number of halogens is 3. The van der Waals surface area contributed by atoms with Crippen molar-refractivity contribution in [3.63, 3.8) is 0 Å². The van der Waals surface area contributed by atoms with Gasteiger partial charge in [0.1, 0.15) is 0 Å². The summed E-state index contributed by atoms with van der Waals surface area (Å²) in [5.74, 6) is -0.193. The monoisotopic (exact) mass is 190 g/mol. The van der Waals surface area contributed by atoms with Crippen molar-refractivity contribution in [2.24, 2.45) is 0 Å². The summed E-state index contributed by atoms with van der Waals surface area (Å²) in [5, 5.41) is 0. The van der Waals surface area contributed by atoms with Gasteiger partial charge in [-0.15, -0.1) is 0 Å². The van der Waals surface area contributed by atoms with E-state index in [2.05, 4.69) is 4.74 Å². The van der Waals surface area contributed by atoms with Crippen molar-refractivity contribution in [1.82, 2.24) is 0 Å². The Hall–Kier alpha value is -1.33. The maximum Gasteiger partial charge on any atom is 0.513 e. The molecule has 0 saturated heterocycles. The summed E-state index contributed by atoms with van der Waals surface area (Å²) in [4.78, 5) is 0. The zero-order valence-electron chi connectivity index (χ0n) is 6.93. The minimum Gasteiger partial charge on any atom is -0.500 e. The van der Waals surface area contributed by atoms with Crippen molar-refractivity contribution in [3.05, 3.63) is 18.2 Å². The Morgan fingerprint density at radius 1 is 1.31 bits per heavy atom. The standard InChI is InChI=1S/C7H8BF3NO/c1-13-7-3-2-5(12)4-6(7)8(9,10)11/h2-4H,12H2,1H3/q-1. The molecule has 0 radical (unpaired) electrons. The zero-order chi connectivity index (χ0) is 10.1. The molecule has 0 atom stereocenters. The molecule has 0 spiro atoms. The number of nitrogens with two attached hydrogens (primary N) is 1. The van der Waals surface area contributed by atoms with Crippen LogP contribution in [0, 0.1) is 0 Å². The van der Waals surface area contributed by atoms with Gasteiger partial charge in [0.2, 0.25) is 0 Å². The Balaban J connectivity index is 3.24. The highest BCUT2D eigenvalue weighted by atomic mass is 19.4. The molecule has 0 aromatic heterocycles. The third-order valence-electron chi connectivity index (χ3n) is 1.61. The smallest absolute Gasteiger partial charge is 0.500 e. The zero-order valence-corrected chi connectivity index (χ0v) is 6.93. The van der Waals surface area contributed by atoms with Crippen LogP contribution in [0.4, 0.5) is 18.6 Å². The molecule has 0 saturated carbocycles. The van der Waals surface area contributed by atoms with E-state index in [-0.39, 0.29) is 11.4 Å². The number of nitrogen functional groups attached to an aromatic ring is 1. The molecule has 1 rings (SSSR count). The molecule has 0 fully saturated rings. The number of rotatable bonds is 2. The first-order valence-electron chi connectivity index (χ1n) is 3.58. The number of hydrogen-bond acceptors (Lipinski definition) is 2. The van der Waals surface area contributed by atoms with Crippen LogP contribution in [0.5, 0.6) is 5.75 Å². The van der Waals surface area contributed by atoms with Crippen molar-refractivity contribution < 1.29 is 17.7 Å². The number of ether oxygens (including phenoxy) is 1. The molecule has 2 N–H and O–H groups in total. The van der Waals surface area contributed by atoms with Crippen LogP contribution in [-0.2, 0) is 0 Å². The van der Waals surface area contributed by atoms with Crippen LogP contribution in [0.15, 0.2) is 18.2 Å². The summed E-state index contributed by atoms with van der Waals surface area (Å²) in [6, 6.07) is 3.45. The van der Waals surface area contributed by atoms with E-state index in [1.807, 2.05) is 0 Å². The van der Waals surface area contributed by atoms with Crippen LogP contribution in [0.2, 0.25) is 0 Å². The molecule has 0 aliphatic rings. The Morgan fingerprint density at radius 2 is 1.92 bits per heavy atom. The molecule has 1 aromatic carbocycles. The van der Waals surface area contributed by atoms with Crippen molar-refractivity contribution in [2.75, 3.05) is 12.8 Å². The quantitative estimate of drug-likeness (QED) is 0.563. The fraction of sp³-hybridized carbons (Fsp3) is 0.143. The Labute approximate surface area is 73.6 Å². The molecule has 0 amide bonds. The lowest BCUT2D eigenvalue weighted by molar-refractivity contribution is 0.412. The molecule has 72 valence electrons. The first-order valence-corrected chi connectivity index (χ1v) is 3.58. The third-order valence-corrected chi connectivity index (χ3v) is 1.61. The molecule has 0 aliphatic carbocycles. The van der Waals surface area contributed by atoms with Gasteiger partial charge in [0.25, 0.3) is 0 Å². The van der Waals surface area contributed by atoms with Gasteiger partial charge in [-0.1, -0.05) is 11.5 Å². The van der Waals surface area contributed by atoms with Crippen molar-refractivity contribution in [1.29, 1.82) is 0 Å².